The first kappa shape index (κ1) is 103. The number of phosphoric acid groups is 2. The van der Waals surface area contributed by atoms with E-state index in [4.69, 9.17) is 37.0 Å². The van der Waals surface area contributed by atoms with Gasteiger partial charge in [0.15, 0.2) is 12.2 Å². The van der Waals surface area contributed by atoms with Crippen LogP contribution in [0.15, 0.2) is 0 Å². The van der Waals surface area contributed by atoms with Crippen molar-refractivity contribution in [1.82, 2.24) is 0 Å². The Kier molecular flexibility index (Phi) is 77.3. The van der Waals surface area contributed by atoms with Crippen molar-refractivity contribution in [3.63, 3.8) is 0 Å². The molecule has 0 saturated carbocycles. The van der Waals surface area contributed by atoms with Gasteiger partial charge in [0.2, 0.25) is 0 Å². The van der Waals surface area contributed by atoms with Gasteiger partial charge in [-0.2, -0.15) is 0 Å². The largest absolute Gasteiger partial charge is 0.472 e. The Morgan fingerprint density at radius 1 is 0.257 bits per heavy atom. The lowest BCUT2D eigenvalue weighted by atomic mass is 10.0. The highest BCUT2D eigenvalue weighted by Crippen LogP contribution is 2.45. The van der Waals surface area contributed by atoms with Gasteiger partial charge < -0.3 is 33.8 Å². The van der Waals surface area contributed by atoms with E-state index in [-0.39, 0.29) is 25.7 Å². The number of ether oxygens (including phenoxy) is 4. The third-order valence-electron chi connectivity index (χ3n) is 20.3. The zero-order chi connectivity index (χ0) is 76.9. The van der Waals surface area contributed by atoms with Crippen LogP contribution in [-0.4, -0.2) is 96.7 Å². The standard InChI is InChI=1S/C86H168O17P2/c1-6-9-12-15-18-21-24-27-29-30-31-32-33-34-36-42-47-52-57-62-67-72-86(91)103-82(76-97-84(89)70-65-60-55-50-45-40-38-37-39-43-48-53-58-63-68-79(4)5)78-101-105(94,95)99-74-80(87)73-98-104(92,93)100-77-81(75-96-83(88)69-64-59-54-49-44-26-23-20-17-14-11-8-3)102-85(90)71-66-61-56-51-46-41-35-28-25-22-19-16-13-10-7-2/h79-82,87H,6-78H2,1-5H3,(H,92,93)(H,94,95)/t80-,81+,82+/m0/s1. The number of rotatable bonds is 86. The van der Waals surface area contributed by atoms with Crippen molar-refractivity contribution in [2.45, 2.75) is 483 Å². The number of carbonyl (C=O) groups is 4. The molecular weight excluding hydrogens is 1370 g/mol. The van der Waals surface area contributed by atoms with Gasteiger partial charge in [-0.15, -0.1) is 0 Å². The third kappa shape index (κ3) is 79.9. The first-order valence-corrected chi connectivity index (χ1v) is 47.6. The van der Waals surface area contributed by atoms with Crippen molar-refractivity contribution < 1.29 is 80.2 Å². The predicted molar refractivity (Wildman–Crippen MR) is 432 cm³/mol. The highest BCUT2D eigenvalue weighted by atomic mass is 31.2. The van der Waals surface area contributed by atoms with Gasteiger partial charge >= 0.3 is 39.5 Å². The summed E-state index contributed by atoms with van der Waals surface area (Å²) in [5.74, 6) is -1.30. The molecule has 624 valence electrons. The van der Waals surface area contributed by atoms with Crippen LogP contribution in [0.1, 0.15) is 465 Å². The Bertz CT molecular complexity index is 2000. The van der Waals surface area contributed by atoms with Gasteiger partial charge in [0, 0.05) is 25.7 Å². The summed E-state index contributed by atoms with van der Waals surface area (Å²) < 4.78 is 68.9. The molecule has 0 amide bonds. The molecule has 0 aromatic heterocycles. The molecule has 0 rings (SSSR count). The molecule has 0 fully saturated rings. The van der Waals surface area contributed by atoms with Gasteiger partial charge in [0.25, 0.3) is 0 Å². The summed E-state index contributed by atoms with van der Waals surface area (Å²) >= 11 is 0. The number of aliphatic hydroxyl groups is 1. The Balaban J connectivity index is 5.24. The summed E-state index contributed by atoms with van der Waals surface area (Å²) in [6, 6.07) is 0. The van der Waals surface area contributed by atoms with E-state index in [1.165, 1.54) is 289 Å². The minimum Gasteiger partial charge on any atom is -0.462 e. The van der Waals surface area contributed by atoms with Crippen LogP contribution in [0.3, 0.4) is 0 Å². The highest BCUT2D eigenvalue weighted by molar-refractivity contribution is 7.47. The maximum atomic E-state index is 13.1. The van der Waals surface area contributed by atoms with Gasteiger partial charge in [0.05, 0.1) is 26.4 Å². The first-order valence-electron chi connectivity index (χ1n) is 44.6. The summed E-state index contributed by atoms with van der Waals surface area (Å²) in [4.78, 5) is 73.2. The molecule has 0 aliphatic heterocycles. The summed E-state index contributed by atoms with van der Waals surface area (Å²) in [5, 5.41) is 10.7. The third-order valence-corrected chi connectivity index (χ3v) is 22.2. The van der Waals surface area contributed by atoms with Crippen molar-refractivity contribution in [1.29, 1.82) is 0 Å². The molecule has 19 heteroatoms. The topological polar surface area (TPSA) is 237 Å². The molecule has 0 radical (unpaired) electrons. The molecule has 0 aromatic rings. The van der Waals surface area contributed by atoms with E-state index in [1.54, 1.807) is 0 Å². The van der Waals surface area contributed by atoms with E-state index in [2.05, 4.69) is 34.6 Å². The average Bonchev–Trinajstić information content (AvgIpc) is 0.923. The fraction of sp³-hybridized carbons (Fsp3) is 0.953. The van der Waals surface area contributed by atoms with Crippen LogP contribution in [-0.2, 0) is 65.4 Å². The van der Waals surface area contributed by atoms with Gasteiger partial charge in [-0.25, -0.2) is 9.13 Å². The summed E-state index contributed by atoms with van der Waals surface area (Å²) in [7, 11) is -9.93. The Morgan fingerprint density at radius 3 is 0.648 bits per heavy atom. The van der Waals surface area contributed by atoms with E-state index >= 15 is 0 Å². The number of hydrogen-bond donors (Lipinski definition) is 3. The van der Waals surface area contributed by atoms with E-state index < -0.39 is 97.5 Å². The van der Waals surface area contributed by atoms with Gasteiger partial charge in [-0.05, 0) is 31.6 Å². The number of hydrogen-bond acceptors (Lipinski definition) is 15. The molecule has 0 heterocycles. The second-order valence-electron chi connectivity index (χ2n) is 31.4. The summed E-state index contributed by atoms with van der Waals surface area (Å²) in [5.41, 5.74) is 0. The highest BCUT2D eigenvalue weighted by Gasteiger charge is 2.30. The second kappa shape index (κ2) is 78.7. The molecule has 3 N–H and O–H groups in total. The molecule has 0 bridgehead atoms. The molecule has 0 aliphatic carbocycles. The molecular formula is C86H168O17P2. The maximum absolute atomic E-state index is 13.1. The zero-order valence-corrected chi connectivity index (χ0v) is 70.7. The molecule has 0 spiro atoms. The van der Waals surface area contributed by atoms with E-state index in [9.17, 15) is 43.2 Å². The minimum absolute atomic E-state index is 0.109. The second-order valence-corrected chi connectivity index (χ2v) is 34.3. The molecule has 105 heavy (non-hydrogen) atoms. The lowest BCUT2D eigenvalue weighted by Crippen LogP contribution is -2.30. The quantitative estimate of drug-likeness (QED) is 0.0222. The van der Waals surface area contributed by atoms with Crippen LogP contribution < -0.4 is 0 Å². The van der Waals surface area contributed by atoms with Gasteiger partial charge in [-0.3, -0.25) is 37.3 Å². The smallest absolute Gasteiger partial charge is 0.462 e. The van der Waals surface area contributed by atoms with E-state index in [0.717, 1.165) is 95.8 Å². The zero-order valence-electron chi connectivity index (χ0n) is 68.9. The average molecular weight is 1540 g/mol. The Hall–Kier alpha value is -1.94. The Morgan fingerprint density at radius 2 is 0.438 bits per heavy atom. The van der Waals surface area contributed by atoms with Gasteiger partial charge in [-0.1, -0.05) is 413 Å². The molecule has 0 aromatic carbocycles. The number of unbranched alkanes of at least 4 members (excludes halogenated alkanes) is 58. The van der Waals surface area contributed by atoms with Crippen LogP contribution in [0, 0.1) is 5.92 Å². The number of aliphatic hydroxyl groups excluding tert-OH is 1. The van der Waals surface area contributed by atoms with Crippen LogP contribution in [0.4, 0.5) is 0 Å². The lowest BCUT2D eigenvalue weighted by molar-refractivity contribution is -0.161. The minimum atomic E-state index is -4.97. The van der Waals surface area contributed by atoms with Crippen LogP contribution in [0.25, 0.3) is 0 Å². The summed E-state index contributed by atoms with van der Waals surface area (Å²) in [6.45, 7) is 7.39. The SMILES string of the molecule is CCCCCCCCCCCCCCCCCCCCCCCC(=O)O[C@H](COC(=O)CCCCCCCCCCCCCCCCC(C)C)COP(=O)(O)OC[C@@H](O)COP(=O)(O)OC[C@@H](COC(=O)CCCCCCCCCCCCCC)OC(=O)CCCCCCCCCCCCCCCCC. The number of esters is 4. The number of phosphoric ester groups is 2. The molecule has 0 aliphatic rings. The van der Waals surface area contributed by atoms with E-state index in [1.807, 2.05) is 0 Å². The van der Waals surface area contributed by atoms with Crippen molar-refractivity contribution >= 4 is 39.5 Å². The van der Waals surface area contributed by atoms with E-state index in [0.29, 0.717) is 25.7 Å². The summed E-state index contributed by atoms with van der Waals surface area (Å²) in [6.07, 6.45) is 72.1. The van der Waals surface area contributed by atoms with Crippen molar-refractivity contribution in [3.8, 4) is 0 Å². The van der Waals surface area contributed by atoms with Crippen LogP contribution in [0.5, 0.6) is 0 Å². The molecule has 17 nitrogen and oxygen atoms in total. The van der Waals surface area contributed by atoms with Crippen molar-refractivity contribution in [3.05, 3.63) is 0 Å². The fourth-order valence-corrected chi connectivity index (χ4v) is 15.1. The lowest BCUT2D eigenvalue weighted by Gasteiger charge is -2.21. The van der Waals surface area contributed by atoms with Crippen molar-refractivity contribution in [2.75, 3.05) is 39.6 Å². The Labute approximate surface area is 645 Å². The van der Waals surface area contributed by atoms with Gasteiger partial charge in [0.1, 0.15) is 19.3 Å². The first-order chi connectivity index (χ1) is 51.0. The maximum Gasteiger partial charge on any atom is 0.472 e. The molecule has 0 saturated heterocycles. The van der Waals surface area contributed by atoms with Crippen LogP contribution >= 0.6 is 15.6 Å². The fourth-order valence-electron chi connectivity index (χ4n) is 13.5. The molecule has 2 unspecified atom stereocenters. The van der Waals surface area contributed by atoms with Crippen molar-refractivity contribution in [2.24, 2.45) is 5.92 Å². The number of carbonyl (C=O) groups excluding carboxylic acids is 4. The predicted octanol–water partition coefficient (Wildman–Crippen LogP) is 26.4. The van der Waals surface area contributed by atoms with Crippen LogP contribution in [0.2, 0.25) is 0 Å². The monoisotopic (exact) mass is 1540 g/mol. The molecule has 5 atom stereocenters. The normalized spacial score (nSPS) is 13.8.